The molecule has 7 heteroatoms. The summed E-state index contributed by atoms with van der Waals surface area (Å²) < 4.78 is 49.9. The minimum Gasteiger partial charge on any atom is -0.467 e. The van der Waals surface area contributed by atoms with E-state index in [4.69, 9.17) is 4.74 Å². The smallest absolute Gasteiger partial charge is 0.467 e. The topological polar surface area (TPSA) is 44.8 Å². The van der Waals surface area contributed by atoms with E-state index in [0.29, 0.717) is 0 Å². The number of Topliss-reactive ketones (excluding diaryl/α,β-unsaturated/α-hetero) is 1. The van der Waals surface area contributed by atoms with Crippen molar-refractivity contribution in [1.29, 1.82) is 0 Å². The zero-order chi connectivity index (χ0) is 13.8. The number of hydrogen-bond donors (Lipinski definition) is 0. The summed E-state index contributed by atoms with van der Waals surface area (Å²) in [5.41, 5.74) is -0.271. The first kappa shape index (κ1) is 14.3. The van der Waals surface area contributed by atoms with Crippen LogP contribution >= 0.6 is 0 Å². The van der Waals surface area contributed by atoms with Gasteiger partial charge in [0.2, 0.25) is 0 Å². The molecule has 0 unspecified atom stereocenters. The van der Waals surface area contributed by atoms with E-state index in [9.17, 15) is 18.0 Å². The SMILES string of the molecule is COCOc1cccc(OC(F)(F)F)c1C(C)=O. The fourth-order valence-corrected chi connectivity index (χ4v) is 1.31. The van der Waals surface area contributed by atoms with Crippen molar-refractivity contribution in [3.05, 3.63) is 23.8 Å². The van der Waals surface area contributed by atoms with Gasteiger partial charge in [0.25, 0.3) is 0 Å². The Morgan fingerprint density at radius 3 is 2.39 bits per heavy atom. The molecule has 0 heterocycles. The van der Waals surface area contributed by atoms with E-state index >= 15 is 0 Å². The lowest BCUT2D eigenvalue weighted by molar-refractivity contribution is -0.274. The quantitative estimate of drug-likeness (QED) is 0.606. The highest BCUT2D eigenvalue weighted by Crippen LogP contribution is 2.32. The number of alkyl halides is 3. The first-order chi connectivity index (χ1) is 8.35. The standard InChI is InChI=1S/C11H11F3O4/c1-7(15)10-8(17-6-16-2)4-3-5-9(10)18-11(12,13)14/h3-5H,6H2,1-2H3. The Bertz CT molecular complexity index is 429. The molecule has 4 nitrogen and oxygen atoms in total. The molecule has 0 aliphatic rings. The molecule has 0 fully saturated rings. The fraction of sp³-hybridized carbons (Fsp3) is 0.364. The van der Waals surface area contributed by atoms with Crippen LogP contribution in [0.2, 0.25) is 0 Å². The molecule has 0 saturated heterocycles. The second-order valence-electron chi connectivity index (χ2n) is 3.28. The summed E-state index contributed by atoms with van der Waals surface area (Å²) in [7, 11) is 1.35. The summed E-state index contributed by atoms with van der Waals surface area (Å²) in [6.07, 6.45) is -4.87. The third-order valence-electron chi connectivity index (χ3n) is 1.90. The molecule has 1 aromatic carbocycles. The predicted octanol–water partition coefficient (Wildman–Crippen LogP) is 2.77. The van der Waals surface area contributed by atoms with Gasteiger partial charge in [-0.25, -0.2) is 0 Å². The van der Waals surface area contributed by atoms with Gasteiger partial charge in [-0.2, -0.15) is 0 Å². The van der Waals surface area contributed by atoms with Crippen molar-refractivity contribution in [3.63, 3.8) is 0 Å². The van der Waals surface area contributed by atoms with E-state index in [1.165, 1.54) is 19.2 Å². The maximum absolute atomic E-state index is 12.2. The van der Waals surface area contributed by atoms with E-state index in [1.54, 1.807) is 0 Å². The molecule has 0 radical (unpaired) electrons. The number of carbonyl (C=O) groups is 1. The number of ether oxygens (including phenoxy) is 3. The lowest BCUT2D eigenvalue weighted by Gasteiger charge is -2.15. The summed E-state index contributed by atoms with van der Waals surface area (Å²) >= 11 is 0. The second-order valence-corrected chi connectivity index (χ2v) is 3.28. The van der Waals surface area contributed by atoms with E-state index in [-0.39, 0.29) is 18.1 Å². The van der Waals surface area contributed by atoms with E-state index < -0.39 is 17.9 Å². The highest BCUT2D eigenvalue weighted by atomic mass is 19.4. The number of benzene rings is 1. The van der Waals surface area contributed by atoms with Gasteiger partial charge in [-0.05, 0) is 19.1 Å². The van der Waals surface area contributed by atoms with Gasteiger partial charge in [-0.3, -0.25) is 4.79 Å². The van der Waals surface area contributed by atoms with Crippen molar-refractivity contribution in [3.8, 4) is 11.5 Å². The summed E-state index contributed by atoms with van der Waals surface area (Å²) in [6, 6.07) is 3.70. The molecule has 1 aromatic rings. The van der Waals surface area contributed by atoms with Crippen LogP contribution in [0.1, 0.15) is 17.3 Å². The Kier molecular flexibility index (Phi) is 4.55. The molecule has 0 N–H and O–H groups in total. The number of halogens is 3. The fourth-order valence-electron chi connectivity index (χ4n) is 1.31. The summed E-state index contributed by atoms with van der Waals surface area (Å²) in [5.74, 6) is -1.21. The molecule has 0 aliphatic carbocycles. The molecule has 0 saturated carbocycles. The average Bonchev–Trinajstić information content (AvgIpc) is 2.23. The normalized spacial score (nSPS) is 11.2. The van der Waals surface area contributed by atoms with Gasteiger partial charge in [0.15, 0.2) is 12.6 Å². The van der Waals surface area contributed by atoms with Crippen LogP contribution in [0.4, 0.5) is 13.2 Å². The minimum absolute atomic E-state index is 0.0221. The molecule has 0 spiro atoms. The summed E-state index contributed by atoms with van der Waals surface area (Å²) in [5, 5.41) is 0. The molecular weight excluding hydrogens is 253 g/mol. The molecule has 0 atom stereocenters. The molecule has 18 heavy (non-hydrogen) atoms. The number of rotatable bonds is 5. The lowest BCUT2D eigenvalue weighted by Crippen LogP contribution is -2.19. The van der Waals surface area contributed by atoms with Crippen molar-refractivity contribution in [1.82, 2.24) is 0 Å². The third kappa shape index (κ3) is 3.92. The van der Waals surface area contributed by atoms with E-state index in [0.717, 1.165) is 13.0 Å². The van der Waals surface area contributed by atoms with Crippen molar-refractivity contribution in [2.24, 2.45) is 0 Å². The second kappa shape index (κ2) is 5.72. The number of carbonyl (C=O) groups excluding carboxylic acids is 1. The van der Waals surface area contributed by atoms with Gasteiger partial charge < -0.3 is 14.2 Å². The molecule has 0 aromatic heterocycles. The maximum Gasteiger partial charge on any atom is 0.573 e. The Labute approximate surface area is 101 Å². The van der Waals surface area contributed by atoms with Gasteiger partial charge in [-0.1, -0.05) is 6.07 Å². The Hall–Kier alpha value is -1.76. The van der Waals surface area contributed by atoms with Crippen molar-refractivity contribution >= 4 is 5.78 Å². The molecular formula is C11H11F3O4. The predicted molar refractivity (Wildman–Crippen MR) is 55.6 cm³/mol. The highest BCUT2D eigenvalue weighted by Gasteiger charge is 2.33. The van der Waals surface area contributed by atoms with Gasteiger partial charge >= 0.3 is 6.36 Å². The van der Waals surface area contributed by atoms with Crippen LogP contribution in [-0.4, -0.2) is 26.0 Å². The Morgan fingerprint density at radius 1 is 1.28 bits per heavy atom. The number of ketones is 1. The number of methoxy groups -OCH3 is 1. The monoisotopic (exact) mass is 264 g/mol. The lowest BCUT2D eigenvalue weighted by atomic mass is 10.1. The first-order valence-electron chi connectivity index (χ1n) is 4.86. The van der Waals surface area contributed by atoms with Crippen LogP contribution in [0.3, 0.4) is 0 Å². The van der Waals surface area contributed by atoms with Gasteiger partial charge in [-0.15, -0.1) is 13.2 Å². The molecule has 0 aliphatic heterocycles. The van der Waals surface area contributed by atoms with Crippen LogP contribution in [-0.2, 0) is 4.74 Å². The van der Waals surface area contributed by atoms with E-state index in [1.807, 2.05) is 0 Å². The average molecular weight is 264 g/mol. The van der Waals surface area contributed by atoms with Crippen LogP contribution < -0.4 is 9.47 Å². The molecule has 0 bridgehead atoms. The van der Waals surface area contributed by atoms with Crippen LogP contribution in [0.25, 0.3) is 0 Å². The Balaban J connectivity index is 3.13. The maximum atomic E-state index is 12.2. The minimum atomic E-state index is -4.87. The molecule has 1 rings (SSSR count). The largest absolute Gasteiger partial charge is 0.573 e. The van der Waals surface area contributed by atoms with Gasteiger partial charge in [0.05, 0.1) is 0 Å². The Morgan fingerprint density at radius 2 is 1.89 bits per heavy atom. The zero-order valence-corrected chi connectivity index (χ0v) is 9.71. The summed E-state index contributed by atoms with van der Waals surface area (Å²) in [4.78, 5) is 11.4. The summed E-state index contributed by atoms with van der Waals surface area (Å²) in [6.45, 7) is 0.938. The third-order valence-corrected chi connectivity index (χ3v) is 1.90. The zero-order valence-electron chi connectivity index (χ0n) is 9.71. The van der Waals surface area contributed by atoms with Crippen LogP contribution in [0.5, 0.6) is 11.5 Å². The molecule has 0 amide bonds. The molecule has 100 valence electrons. The highest BCUT2D eigenvalue weighted by molar-refractivity contribution is 5.99. The first-order valence-corrected chi connectivity index (χ1v) is 4.86. The van der Waals surface area contributed by atoms with Crippen LogP contribution in [0.15, 0.2) is 18.2 Å². The number of hydrogen-bond acceptors (Lipinski definition) is 4. The van der Waals surface area contributed by atoms with Crippen molar-refractivity contribution in [2.75, 3.05) is 13.9 Å². The van der Waals surface area contributed by atoms with Gasteiger partial charge in [0.1, 0.15) is 17.1 Å². The van der Waals surface area contributed by atoms with Crippen molar-refractivity contribution in [2.45, 2.75) is 13.3 Å². The van der Waals surface area contributed by atoms with Crippen LogP contribution in [0, 0.1) is 0 Å². The van der Waals surface area contributed by atoms with E-state index in [2.05, 4.69) is 9.47 Å². The van der Waals surface area contributed by atoms with Crippen molar-refractivity contribution < 1.29 is 32.2 Å². The van der Waals surface area contributed by atoms with Gasteiger partial charge in [0, 0.05) is 7.11 Å².